The standard InChI is InChI=1S/C25H23N5O.C23H21N5OS.CH4/c1-3-18-9-10-22-20(15-18)24(19-7-5-4-6-8-19)26-16-23-27-21(25(31)30(22)23)17-29-13-11-28(2)12-14-29;1-3-17-13-19-22(30-17)21(16-7-5-4-6-8-16)24-14-20-25-18(23(29)28(19)20)15-27-11-9-26(2)10-12-27;/h1,4-10,15,17H,11-14,16H2,2H3;1,4-8,13,15H,9-12,14H2,2H3;1H4/b21-17-;18-15-;. The maximum absolute atomic E-state index is 13.4. The van der Waals surface area contributed by atoms with Crippen LogP contribution in [0.25, 0.3) is 0 Å². The number of anilines is 2. The summed E-state index contributed by atoms with van der Waals surface area (Å²) in [5.41, 5.74) is 7.74. The molecule has 6 aliphatic heterocycles. The summed E-state index contributed by atoms with van der Waals surface area (Å²) < 4.78 is 0. The first-order valence-electron chi connectivity index (χ1n) is 20.3. The lowest BCUT2D eigenvalue weighted by Gasteiger charge is -2.31. The van der Waals surface area contributed by atoms with Crippen molar-refractivity contribution in [2.75, 3.05) is 89.3 Å². The largest absolute Gasteiger partial charge is 0.373 e. The molecule has 312 valence electrons. The van der Waals surface area contributed by atoms with Gasteiger partial charge in [-0.25, -0.2) is 9.98 Å². The number of carbonyl (C=O) groups excluding carboxylic acids is 2. The molecule has 3 aromatic carbocycles. The molecule has 0 N–H and O–H groups in total. The molecule has 2 amide bonds. The fraction of sp³-hybridized carbons (Fsp3) is 0.265. The maximum atomic E-state index is 13.4. The molecule has 10 rings (SSSR count). The highest BCUT2D eigenvalue weighted by Gasteiger charge is 2.38. The SMILES string of the molecule is C.C#Cc1cc2c(s1)C(c1ccccc1)=NCC1=N/C(=C\N3CCN(C)CC3)C(=O)N12.C#Cc1ccc2c(c1)C(c1ccccc1)=NCC1=N/C(=C\N3CCN(C)CC3)C(=O)N12. The lowest BCUT2D eigenvalue weighted by atomic mass is 9.98. The third-order valence-corrected chi connectivity index (χ3v) is 12.4. The number of amidine groups is 2. The fourth-order valence-electron chi connectivity index (χ4n) is 7.98. The predicted molar refractivity (Wildman–Crippen MR) is 251 cm³/mol. The molecule has 0 saturated carbocycles. The van der Waals surface area contributed by atoms with Gasteiger partial charge in [-0.05, 0) is 38.4 Å². The van der Waals surface area contributed by atoms with Gasteiger partial charge in [0.2, 0.25) is 0 Å². The minimum absolute atomic E-state index is 0. The summed E-state index contributed by atoms with van der Waals surface area (Å²) in [7, 11) is 4.22. The van der Waals surface area contributed by atoms with Gasteiger partial charge in [-0.15, -0.1) is 24.2 Å². The van der Waals surface area contributed by atoms with E-state index in [1.54, 1.807) is 9.80 Å². The molecule has 0 radical (unpaired) electrons. The van der Waals surface area contributed by atoms with Gasteiger partial charge in [0.05, 0.1) is 45.6 Å². The van der Waals surface area contributed by atoms with Gasteiger partial charge in [-0.1, -0.05) is 79.9 Å². The molecule has 0 aliphatic carbocycles. The minimum Gasteiger partial charge on any atom is -0.373 e. The topological polar surface area (TPSA) is 103 Å². The smallest absolute Gasteiger partial charge is 0.284 e. The second-order valence-corrected chi connectivity index (χ2v) is 16.5. The molecule has 62 heavy (non-hydrogen) atoms. The number of amides is 2. The molecule has 12 nitrogen and oxygen atoms in total. The van der Waals surface area contributed by atoms with E-state index < -0.39 is 0 Å². The first kappa shape index (κ1) is 41.8. The van der Waals surface area contributed by atoms with Gasteiger partial charge < -0.3 is 19.6 Å². The van der Waals surface area contributed by atoms with Crippen LogP contribution < -0.4 is 9.80 Å². The van der Waals surface area contributed by atoms with Crippen LogP contribution in [0.3, 0.4) is 0 Å². The summed E-state index contributed by atoms with van der Waals surface area (Å²) in [5, 5.41) is 0. The van der Waals surface area contributed by atoms with Gasteiger partial charge in [-0.2, -0.15) is 0 Å². The van der Waals surface area contributed by atoms with E-state index in [1.165, 1.54) is 11.3 Å². The third-order valence-electron chi connectivity index (χ3n) is 11.4. The minimum atomic E-state index is -0.117. The molecule has 1 aromatic heterocycles. The number of fused-ring (bicyclic) bond motifs is 6. The zero-order valence-corrected chi connectivity index (χ0v) is 35.0. The van der Waals surface area contributed by atoms with E-state index >= 15 is 0 Å². The van der Waals surface area contributed by atoms with Crippen molar-refractivity contribution in [1.29, 1.82) is 0 Å². The van der Waals surface area contributed by atoms with E-state index in [1.807, 2.05) is 97.3 Å². The van der Waals surface area contributed by atoms with Crippen molar-refractivity contribution in [1.82, 2.24) is 19.6 Å². The number of aliphatic imine (C=N–C) groups is 4. The highest BCUT2D eigenvalue weighted by molar-refractivity contribution is 7.15. The molecule has 0 bridgehead atoms. The van der Waals surface area contributed by atoms with Gasteiger partial charge >= 0.3 is 0 Å². The second kappa shape index (κ2) is 18.0. The lowest BCUT2D eigenvalue weighted by molar-refractivity contribution is -0.114. The van der Waals surface area contributed by atoms with E-state index in [0.717, 1.165) is 107 Å². The van der Waals surface area contributed by atoms with Gasteiger partial charge in [0.25, 0.3) is 11.8 Å². The van der Waals surface area contributed by atoms with Gasteiger partial charge in [-0.3, -0.25) is 29.4 Å². The zero-order valence-electron chi connectivity index (χ0n) is 34.2. The van der Waals surface area contributed by atoms with Gasteiger partial charge in [0, 0.05) is 87.0 Å². The number of nitrogens with zero attached hydrogens (tertiary/aromatic N) is 10. The zero-order chi connectivity index (χ0) is 42.0. The number of thiophene rings is 1. The van der Waals surface area contributed by atoms with E-state index in [0.29, 0.717) is 36.2 Å². The Morgan fingerprint density at radius 3 is 1.63 bits per heavy atom. The summed E-state index contributed by atoms with van der Waals surface area (Å²) >= 11 is 1.49. The van der Waals surface area contributed by atoms with E-state index in [-0.39, 0.29) is 19.2 Å². The first-order chi connectivity index (χ1) is 29.8. The Hall–Kier alpha value is -6.90. The fourth-order valence-corrected chi connectivity index (χ4v) is 8.96. The third kappa shape index (κ3) is 8.26. The molecular weight excluding hydrogens is 793 g/mol. The quantitative estimate of drug-likeness (QED) is 0.202. The Morgan fingerprint density at radius 1 is 0.613 bits per heavy atom. The average molecular weight is 841 g/mol. The summed E-state index contributed by atoms with van der Waals surface area (Å²) in [5.74, 6) is 6.47. The number of terminal acetylenes is 2. The molecular formula is C49H48N10O2S. The molecule has 6 aliphatic rings. The Morgan fingerprint density at radius 2 is 1.11 bits per heavy atom. The van der Waals surface area contributed by atoms with Crippen LogP contribution in [0.2, 0.25) is 0 Å². The summed E-state index contributed by atoms with van der Waals surface area (Å²) in [6.45, 7) is 8.12. The van der Waals surface area contributed by atoms with E-state index in [2.05, 4.69) is 55.5 Å². The molecule has 13 heteroatoms. The van der Waals surface area contributed by atoms with E-state index in [4.69, 9.17) is 22.8 Å². The number of likely N-dealkylation sites (N-methyl/N-ethyl adjacent to an activating group) is 2. The number of rotatable bonds is 4. The van der Waals surface area contributed by atoms with Crippen LogP contribution in [0, 0.1) is 24.7 Å². The number of piperazine rings is 2. The lowest BCUT2D eigenvalue weighted by Crippen LogP contribution is -2.42. The van der Waals surface area contributed by atoms with Crippen molar-refractivity contribution in [2.24, 2.45) is 20.0 Å². The first-order valence-corrected chi connectivity index (χ1v) is 21.1. The van der Waals surface area contributed by atoms with Crippen molar-refractivity contribution >= 4 is 57.6 Å². The van der Waals surface area contributed by atoms with E-state index in [9.17, 15) is 9.59 Å². The number of benzene rings is 3. The number of carbonyl (C=O) groups is 2. The van der Waals surface area contributed by atoms with Gasteiger partial charge in [0.1, 0.15) is 23.1 Å². The summed E-state index contributed by atoms with van der Waals surface area (Å²) in [6.07, 6.45) is 15.1. The molecule has 2 fully saturated rings. The van der Waals surface area contributed by atoms with Crippen molar-refractivity contribution < 1.29 is 9.59 Å². The van der Waals surface area contributed by atoms with Crippen LogP contribution in [-0.4, -0.2) is 134 Å². The highest BCUT2D eigenvalue weighted by Crippen LogP contribution is 2.38. The Balaban J connectivity index is 0.000000168. The van der Waals surface area contributed by atoms with Crippen LogP contribution in [0.1, 0.15) is 39.4 Å². The second-order valence-electron chi connectivity index (χ2n) is 15.5. The monoisotopic (exact) mass is 840 g/mol. The molecule has 0 atom stereocenters. The molecule has 0 spiro atoms. The number of hydrogen-bond donors (Lipinski definition) is 0. The molecule has 4 aromatic rings. The number of hydrogen-bond acceptors (Lipinski definition) is 11. The summed E-state index contributed by atoms with van der Waals surface area (Å²) in [4.78, 5) is 59.8. The van der Waals surface area contributed by atoms with Crippen molar-refractivity contribution in [3.8, 4) is 24.7 Å². The van der Waals surface area contributed by atoms with Crippen LogP contribution in [0.15, 0.2) is 129 Å². The van der Waals surface area contributed by atoms with Crippen molar-refractivity contribution in [3.63, 3.8) is 0 Å². The van der Waals surface area contributed by atoms with Crippen molar-refractivity contribution in [3.05, 3.63) is 141 Å². The molecule has 2 saturated heterocycles. The molecule has 0 unspecified atom stereocenters. The molecule has 7 heterocycles. The van der Waals surface area contributed by atoms with Crippen molar-refractivity contribution in [2.45, 2.75) is 7.43 Å². The van der Waals surface area contributed by atoms with Gasteiger partial charge in [0.15, 0.2) is 0 Å². The Bertz CT molecular complexity index is 2660. The maximum Gasteiger partial charge on any atom is 0.284 e. The predicted octanol–water partition coefficient (Wildman–Crippen LogP) is 5.40. The van der Waals surface area contributed by atoms with Crippen LogP contribution in [0.4, 0.5) is 11.4 Å². The Labute approximate surface area is 367 Å². The normalized spacial score (nSPS) is 19.9. The van der Waals surface area contributed by atoms with Crippen LogP contribution in [0.5, 0.6) is 0 Å². The van der Waals surface area contributed by atoms with Crippen LogP contribution >= 0.6 is 11.3 Å². The average Bonchev–Trinajstić information content (AvgIpc) is 3.87. The highest BCUT2D eigenvalue weighted by atomic mass is 32.1. The summed E-state index contributed by atoms with van der Waals surface area (Å²) in [6, 6.07) is 27.6. The Kier molecular flexibility index (Phi) is 12.1. The van der Waals surface area contributed by atoms with Crippen LogP contribution in [-0.2, 0) is 9.59 Å².